The van der Waals surface area contributed by atoms with Gasteiger partial charge in [0.25, 0.3) is 5.09 Å². The van der Waals surface area contributed by atoms with Gasteiger partial charge in [0.1, 0.15) is 5.82 Å². The number of aromatic nitrogens is 3. The quantitative estimate of drug-likeness (QED) is 0.342. The Hall–Kier alpha value is -1.86. The van der Waals surface area contributed by atoms with Crippen molar-refractivity contribution < 1.29 is 10.3 Å². The molecule has 0 aliphatic carbocycles. The molecule has 0 spiro atoms. The highest BCUT2D eigenvalue weighted by atomic mass is 16.9. The number of nitrogens with one attached hydrogen (secondary N) is 1. The van der Waals surface area contributed by atoms with E-state index in [2.05, 4.69) is 15.2 Å². The average molecular weight is 161 g/mol. The second kappa shape index (κ2) is 4.04. The molecule has 0 radical (unpaired) electrons. The normalized spacial score (nSPS) is 8.09. The molecular weight excluding hydrogens is 154 g/mol. The van der Waals surface area contributed by atoms with Gasteiger partial charge in [-0.15, -0.1) is 15.2 Å². The first-order valence-electron chi connectivity index (χ1n) is 2.50. The summed E-state index contributed by atoms with van der Waals surface area (Å²) in [6, 6.07) is 0. The summed E-state index contributed by atoms with van der Waals surface area (Å²) in [6.07, 6.45) is 0. The van der Waals surface area contributed by atoms with Crippen LogP contribution < -0.4 is 5.73 Å². The lowest BCUT2D eigenvalue weighted by atomic mass is 10.8. The van der Waals surface area contributed by atoms with Crippen LogP contribution in [-0.2, 0) is 0 Å². The molecule has 62 valence electrons. The number of hydrogen-bond acceptors (Lipinski definition) is 5. The zero-order valence-electron chi connectivity index (χ0n) is 5.68. The van der Waals surface area contributed by atoms with Gasteiger partial charge in [0.05, 0.1) is 0 Å². The SMILES string of the molecule is Cc1nc(N)n[nH]1.O=[N+]([O-])O. The Labute approximate surface area is 61.2 Å². The Morgan fingerprint density at radius 2 is 2.27 bits per heavy atom. The van der Waals surface area contributed by atoms with E-state index in [1.54, 1.807) is 6.92 Å². The van der Waals surface area contributed by atoms with Crippen LogP contribution in [0.2, 0.25) is 0 Å². The molecule has 1 aromatic rings. The van der Waals surface area contributed by atoms with Crippen LogP contribution in [0.15, 0.2) is 0 Å². The number of hydrogen-bond donors (Lipinski definition) is 3. The van der Waals surface area contributed by atoms with Gasteiger partial charge in [-0.05, 0) is 6.92 Å². The van der Waals surface area contributed by atoms with Crippen molar-refractivity contribution in [2.75, 3.05) is 5.73 Å². The molecule has 4 N–H and O–H groups in total. The van der Waals surface area contributed by atoms with Gasteiger partial charge in [-0.25, -0.2) is 0 Å². The summed E-state index contributed by atoms with van der Waals surface area (Å²) >= 11 is 0. The lowest BCUT2D eigenvalue weighted by Gasteiger charge is -1.68. The molecule has 0 aliphatic heterocycles. The minimum absolute atomic E-state index is 0.303. The summed E-state index contributed by atoms with van der Waals surface area (Å²) in [6.45, 7) is 1.80. The van der Waals surface area contributed by atoms with Crippen molar-refractivity contribution in [2.45, 2.75) is 6.92 Å². The minimum Gasteiger partial charge on any atom is -0.367 e. The molecule has 0 aromatic carbocycles. The second-order valence-electron chi connectivity index (χ2n) is 1.52. The highest BCUT2D eigenvalue weighted by Gasteiger charge is 1.86. The summed E-state index contributed by atoms with van der Waals surface area (Å²) in [5.74, 6) is 1.05. The van der Waals surface area contributed by atoms with Gasteiger partial charge in [-0.3, -0.25) is 5.10 Å². The van der Waals surface area contributed by atoms with Crippen molar-refractivity contribution in [3.63, 3.8) is 0 Å². The smallest absolute Gasteiger partial charge is 0.291 e. The van der Waals surface area contributed by atoms with Crippen LogP contribution in [0.4, 0.5) is 5.95 Å². The van der Waals surface area contributed by atoms with E-state index >= 15 is 0 Å². The van der Waals surface area contributed by atoms with Crippen LogP contribution in [0, 0.1) is 17.0 Å². The molecule has 1 rings (SSSR count). The summed E-state index contributed by atoms with van der Waals surface area (Å²) in [7, 11) is 0. The highest BCUT2D eigenvalue weighted by molar-refractivity contribution is 5.11. The fraction of sp³-hybridized carbons (Fsp3) is 0.333. The number of aromatic amines is 1. The molecule has 0 saturated heterocycles. The monoisotopic (exact) mass is 161 g/mol. The third-order valence-corrected chi connectivity index (χ3v) is 0.615. The third-order valence-electron chi connectivity index (χ3n) is 0.615. The van der Waals surface area contributed by atoms with Crippen molar-refractivity contribution in [3.05, 3.63) is 15.9 Å². The van der Waals surface area contributed by atoms with Crippen molar-refractivity contribution in [2.24, 2.45) is 0 Å². The largest absolute Gasteiger partial charge is 0.367 e. The fourth-order valence-corrected chi connectivity index (χ4v) is 0.360. The first-order chi connectivity index (χ1) is 5.02. The van der Waals surface area contributed by atoms with Crippen LogP contribution in [0.1, 0.15) is 5.82 Å². The summed E-state index contributed by atoms with van der Waals surface area (Å²) < 4.78 is 0. The lowest BCUT2D eigenvalue weighted by molar-refractivity contribution is -0.742. The van der Waals surface area contributed by atoms with Crippen LogP contribution in [0.25, 0.3) is 0 Å². The minimum atomic E-state index is -1.50. The molecule has 1 aromatic heterocycles. The first kappa shape index (κ1) is 9.14. The zero-order valence-corrected chi connectivity index (χ0v) is 5.68. The molecule has 8 heteroatoms. The Morgan fingerprint density at radius 3 is 2.36 bits per heavy atom. The fourth-order valence-electron chi connectivity index (χ4n) is 0.360. The van der Waals surface area contributed by atoms with Gasteiger partial charge in [0.15, 0.2) is 0 Å². The van der Waals surface area contributed by atoms with E-state index in [0.29, 0.717) is 5.95 Å². The number of aryl methyl sites for hydroxylation is 1. The average Bonchev–Trinajstić information content (AvgIpc) is 2.13. The van der Waals surface area contributed by atoms with E-state index < -0.39 is 5.09 Å². The summed E-state index contributed by atoms with van der Waals surface area (Å²) in [5, 5.41) is 19.8. The van der Waals surface area contributed by atoms with Gasteiger partial charge >= 0.3 is 0 Å². The molecule has 0 aliphatic rings. The van der Waals surface area contributed by atoms with Gasteiger partial charge in [-0.2, -0.15) is 4.98 Å². The molecule has 11 heavy (non-hydrogen) atoms. The molecule has 0 atom stereocenters. The standard InChI is InChI=1S/C3H6N4.HNO3/c1-2-5-3(4)7-6-2;2-1(3)4/h1H3,(H3,4,5,6,7);(H,2,3,4). The molecule has 0 fully saturated rings. The predicted octanol–water partition coefficient (Wildman–Crippen LogP) is -0.652. The molecule has 8 nitrogen and oxygen atoms in total. The van der Waals surface area contributed by atoms with Crippen LogP contribution in [0.5, 0.6) is 0 Å². The van der Waals surface area contributed by atoms with E-state index in [4.69, 9.17) is 21.1 Å². The Balaban J connectivity index is 0.000000218. The zero-order chi connectivity index (χ0) is 8.85. The number of nitrogen functional groups attached to an aromatic ring is 1. The number of anilines is 1. The van der Waals surface area contributed by atoms with Crippen LogP contribution >= 0.6 is 0 Å². The topological polar surface area (TPSA) is 131 Å². The number of rotatable bonds is 0. The van der Waals surface area contributed by atoms with E-state index in [0.717, 1.165) is 5.82 Å². The Morgan fingerprint density at radius 1 is 1.82 bits per heavy atom. The molecule has 0 saturated carbocycles. The molecule has 0 amide bonds. The van der Waals surface area contributed by atoms with Crippen LogP contribution in [-0.4, -0.2) is 25.5 Å². The summed E-state index contributed by atoms with van der Waals surface area (Å²) in [5.41, 5.74) is 5.13. The Kier molecular flexibility index (Phi) is 3.35. The number of nitrogens with zero attached hydrogens (tertiary/aromatic N) is 3. The maximum absolute atomic E-state index is 8.36. The van der Waals surface area contributed by atoms with Crippen molar-refractivity contribution in [1.29, 1.82) is 0 Å². The van der Waals surface area contributed by atoms with E-state index in [1.165, 1.54) is 0 Å². The van der Waals surface area contributed by atoms with Crippen molar-refractivity contribution in [1.82, 2.24) is 15.2 Å². The van der Waals surface area contributed by atoms with Gasteiger partial charge in [0.2, 0.25) is 5.95 Å². The van der Waals surface area contributed by atoms with E-state index in [-0.39, 0.29) is 0 Å². The third kappa shape index (κ3) is 6.02. The lowest BCUT2D eigenvalue weighted by Crippen LogP contribution is -1.84. The maximum atomic E-state index is 8.36. The van der Waals surface area contributed by atoms with Gasteiger partial charge < -0.3 is 10.9 Å². The van der Waals surface area contributed by atoms with E-state index in [1.807, 2.05) is 0 Å². The Bertz CT molecular complexity index is 212. The highest BCUT2D eigenvalue weighted by Crippen LogP contribution is 1.86. The molecule has 0 unspecified atom stereocenters. The summed E-state index contributed by atoms with van der Waals surface area (Å²) in [4.78, 5) is 12.1. The molecule has 1 heterocycles. The van der Waals surface area contributed by atoms with E-state index in [9.17, 15) is 0 Å². The van der Waals surface area contributed by atoms with Crippen LogP contribution in [0.3, 0.4) is 0 Å². The maximum Gasteiger partial charge on any atom is 0.291 e. The first-order valence-corrected chi connectivity index (χ1v) is 2.50. The number of nitrogens with two attached hydrogens (primary N) is 1. The molecule has 0 bridgehead atoms. The number of H-pyrrole nitrogens is 1. The predicted molar refractivity (Wildman–Crippen MR) is 34.3 cm³/mol. The second-order valence-corrected chi connectivity index (χ2v) is 1.52. The van der Waals surface area contributed by atoms with Crippen molar-refractivity contribution in [3.8, 4) is 0 Å². The van der Waals surface area contributed by atoms with Crippen molar-refractivity contribution >= 4 is 5.95 Å². The van der Waals surface area contributed by atoms with Gasteiger partial charge in [0, 0.05) is 0 Å². The molecular formula is C3H7N5O3. The van der Waals surface area contributed by atoms with Gasteiger partial charge in [-0.1, -0.05) is 0 Å².